The Kier molecular flexibility index (Phi) is 3.65. The molecule has 0 aliphatic carbocycles. The molecule has 0 aliphatic rings. The first-order valence-corrected chi connectivity index (χ1v) is 6.56. The van der Waals surface area contributed by atoms with Gasteiger partial charge in [-0.3, -0.25) is 4.79 Å². The average molecular weight is 259 g/mol. The molecular formula is C16H21NO2. The highest BCUT2D eigenvalue weighted by molar-refractivity contribution is 5.84. The van der Waals surface area contributed by atoms with Gasteiger partial charge in [-0.15, -0.1) is 0 Å². The van der Waals surface area contributed by atoms with Crippen molar-refractivity contribution in [2.75, 3.05) is 7.11 Å². The van der Waals surface area contributed by atoms with Gasteiger partial charge in [0.05, 0.1) is 13.0 Å². The van der Waals surface area contributed by atoms with Crippen LogP contribution in [-0.4, -0.2) is 18.1 Å². The van der Waals surface area contributed by atoms with Gasteiger partial charge in [-0.25, -0.2) is 0 Å². The summed E-state index contributed by atoms with van der Waals surface area (Å²) in [7, 11) is 1.45. The molecule has 1 aromatic heterocycles. The number of rotatable bonds is 3. The molecule has 0 aliphatic heterocycles. The first kappa shape index (κ1) is 13.7. The Morgan fingerprint density at radius 2 is 2.00 bits per heavy atom. The van der Waals surface area contributed by atoms with Gasteiger partial charge in [0.1, 0.15) is 0 Å². The zero-order valence-corrected chi connectivity index (χ0v) is 12.0. The standard InChI is InChI=1S/C16H21NO2/c1-16(2,3)13(15(18)19-4)9-11-10-17-14-8-6-5-7-12(11)14/h5-8,10,13,17H,9H2,1-4H3/t13-/m0/s1. The number of methoxy groups -OCH3 is 1. The maximum atomic E-state index is 12.0. The monoisotopic (exact) mass is 259 g/mol. The molecule has 0 amide bonds. The maximum absolute atomic E-state index is 12.0. The van der Waals surface area contributed by atoms with Crippen LogP contribution in [0.2, 0.25) is 0 Å². The molecule has 1 heterocycles. The Hall–Kier alpha value is -1.77. The Balaban J connectivity index is 2.34. The van der Waals surface area contributed by atoms with Gasteiger partial charge in [0.25, 0.3) is 0 Å². The van der Waals surface area contributed by atoms with Crippen molar-refractivity contribution in [2.45, 2.75) is 27.2 Å². The fraction of sp³-hybridized carbons (Fsp3) is 0.438. The first-order chi connectivity index (χ1) is 8.93. The lowest BCUT2D eigenvalue weighted by Gasteiger charge is -2.28. The van der Waals surface area contributed by atoms with Gasteiger partial charge in [-0.2, -0.15) is 0 Å². The van der Waals surface area contributed by atoms with Gasteiger partial charge in [0.2, 0.25) is 0 Å². The van der Waals surface area contributed by atoms with Gasteiger partial charge in [0, 0.05) is 17.1 Å². The predicted molar refractivity (Wildman–Crippen MR) is 77.0 cm³/mol. The number of fused-ring (bicyclic) bond motifs is 1. The van der Waals surface area contributed by atoms with E-state index in [1.807, 2.05) is 24.4 Å². The minimum atomic E-state index is -0.142. The number of carbonyl (C=O) groups excluding carboxylic acids is 1. The summed E-state index contributed by atoms with van der Waals surface area (Å²) in [6.07, 6.45) is 2.69. The fourth-order valence-electron chi connectivity index (χ4n) is 2.41. The third-order valence-electron chi connectivity index (χ3n) is 3.63. The van der Waals surface area contributed by atoms with E-state index in [-0.39, 0.29) is 17.3 Å². The number of aromatic amines is 1. The number of aromatic nitrogens is 1. The average Bonchev–Trinajstić information content (AvgIpc) is 2.77. The second kappa shape index (κ2) is 5.08. The van der Waals surface area contributed by atoms with Crippen LogP contribution in [0.15, 0.2) is 30.5 Å². The smallest absolute Gasteiger partial charge is 0.309 e. The molecule has 2 aromatic rings. The summed E-state index contributed by atoms with van der Waals surface area (Å²) in [6.45, 7) is 6.22. The zero-order valence-electron chi connectivity index (χ0n) is 12.0. The number of benzene rings is 1. The molecule has 3 nitrogen and oxygen atoms in total. The molecule has 0 fully saturated rings. The highest BCUT2D eigenvalue weighted by Crippen LogP contribution is 2.32. The van der Waals surface area contributed by atoms with Gasteiger partial charge in [-0.05, 0) is 23.5 Å². The number of ether oxygens (including phenoxy) is 1. The van der Waals surface area contributed by atoms with E-state index in [2.05, 4.69) is 31.8 Å². The summed E-state index contributed by atoms with van der Waals surface area (Å²) in [5, 5.41) is 1.18. The van der Waals surface area contributed by atoms with Gasteiger partial charge < -0.3 is 9.72 Å². The summed E-state index contributed by atoms with van der Waals surface area (Å²) in [4.78, 5) is 15.2. The lowest BCUT2D eigenvalue weighted by atomic mass is 9.77. The molecule has 1 aromatic carbocycles. The molecule has 3 heteroatoms. The van der Waals surface area contributed by atoms with Crippen molar-refractivity contribution in [1.82, 2.24) is 4.98 Å². The second-order valence-corrected chi connectivity index (χ2v) is 6.01. The lowest BCUT2D eigenvalue weighted by Crippen LogP contribution is -2.31. The molecule has 0 unspecified atom stereocenters. The molecule has 0 radical (unpaired) electrons. The van der Waals surface area contributed by atoms with Crippen molar-refractivity contribution in [1.29, 1.82) is 0 Å². The predicted octanol–water partition coefficient (Wildman–Crippen LogP) is 3.55. The van der Waals surface area contributed by atoms with Crippen LogP contribution in [0.25, 0.3) is 10.9 Å². The number of hydrogen-bond donors (Lipinski definition) is 1. The molecule has 0 saturated carbocycles. The molecule has 0 spiro atoms. The normalized spacial score (nSPS) is 13.5. The van der Waals surface area contributed by atoms with E-state index >= 15 is 0 Å². The van der Waals surface area contributed by atoms with Crippen LogP contribution in [0.5, 0.6) is 0 Å². The van der Waals surface area contributed by atoms with Crippen LogP contribution in [0.1, 0.15) is 26.3 Å². The third-order valence-corrected chi connectivity index (χ3v) is 3.63. The summed E-state index contributed by atoms with van der Waals surface area (Å²) in [6, 6.07) is 8.15. The zero-order chi connectivity index (χ0) is 14.0. The van der Waals surface area contributed by atoms with Crippen molar-refractivity contribution >= 4 is 16.9 Å². The number of hydrogen-bond acceptors (Lipinski definition) is 2. The molecule has 19 heavy (non-hydrogen) atoms. The van der Waals surface area contributed by atoms with Gasteiger partial charge >= 0.3 is 5.97 Å². The van der Waals surface area contributed by atoms with Crippen molar-refractivity contribution in [3.05, 3.63) is 36.0 Å². The van der Waals surface area contributed by atoms with Crippen LogP contribution in [0.3, 0.4) is 0 Å². The number of carbonyl (C=O) groups is 1. The molecule has 102 valence electrons. The Morgan fingerprint density at radius 3 is 2.63 bits per heavy atom. The number of para-hydroxylation sites is 1. The third kappa shape index (κ3) is 2.80. The molecule has 0 saturated heterocycles. The Bertz CT molecular complexity index is 578. The molecule has 1 atom stereocenters. The van der Waals surface area contributed by atoms with Crippen LogP contribution >= 0.6 is 0 Å². The summed E-state index contributed by atoms with van der Waals surface area (Å²) >= 11 is 0. The Morgan fingerprint density at radius 1 is 1.32 bits per heavy atom. The van der Waals surface area contributed by atoms with Crippen LogP contribution in [0, 0.1) is 11.3 Å². The fourth-order valence-corrected chi connectivity index (χ4v) is 2.41. The maximum Gasteiger partial charge on any atom is 0.309 e. The lowest BCUT2D eigenvalue weighted by molar-refractivity contribution is -0.149. The van der Waals surface area contributed by atoms with Crippen molar-refractivity contribution in [3.8, 4) is 0 Å². The molecular weight excluding hydrogens is 238 g/mol. The quantitative estimate of drug-likeness (QED) is 0.856. The number of esters is 1. The van der Waals surface area contributed by atoms with Crippen molar-refractivity contribution in [3.63, 3.8) is 0 Å². The second-order valence-electron chi connectivity index (χ2n) is 6.01. The molecule has 2 rings (SSSR count). The molecule has 1 N–H and O–H groups in total. The largest absolute Gasteiger partial charge is 0.469 e. The van der Waals surface area contributed by atoms with Gasteiger partial charge in [-0.1, -0.05) is 39.0 Å². The van der Waals surface area contributed by atoms with E-state index < -0.39 is 0 Å². The van der Waals surface area contributed by atoms with E-state index in [0.717, 1.165) is 5.52 Å². The van der Waals surface area contributed by atoms with E-state index in [0.29, 0.717) is 6.42 Å². The van der Waals surface area contributed by atoms with E-state index in [9.17, 15) is 4.79 Å². The van der Waals surface area contributed by atoms with E-state index in [1.54, 1.807) is 0 Å². The van der Waals surface area contributed by atoms with E-state index in [1.165, 1.54) is 18.1 Å². The molecule has 0 bridgehead atoms. The van der Waals surface area contributed by atoms with Crippen LogP contribution in [-0.2, 0) is 16.0 Å². The van der Waals surface area contributed by atoms with E-state index in [4.69, 9.17) is 4.74 Å². The highest BCUT2D eigenvalue weighted by Gasteiger charge is 2.32. The van der Waals surface area contributed by atoms with Gasteiger partial charge in [0.15, 0.2) is 0 Å². The number of nitrogens with one attached hydrogen (secondary N) is 1. The van der Waals surface area contributed by atoms with Crippen molar-refractivity contribution in [2.24, 2.45) is 11.3 Å². The summed E-state index contributed by atoms with van der Waals surface area (Å²) in [5.74, 6) is -0.283. The van der Waals surface area contributed by atoms with Crippen LogP contribution in [0.4, 0.5) is 0 Å². The summed E-state index contributed by atoms with van der Waals surface area (Å²) < 4.78 is 4.95. The minimum absolute atomic E-state index is 0.120. The Labute approximate surface area is 114 Å². The SMILES string of the molecule is COC(=O)[C@H](Cc1c[nH]c2ccccc12)C(C)(C)C. The summed E-state index contributed by atoms with van der Waals surface area (Å²) in [5.41, 5.74) is 2.15. The van der Waals surface area contributed by atoms with Crippen molar-refractivity contribution < 1.29 is 9.53 Å². The van der Waals surface area contributed by atoms with Crippen LogP contribution < -0.4 is 0 Å². The number of H-pyrrole nitrogens is 1. The minimum Gasteiger partial charge on any atom is -0.469 e. The topological polar surface area (TPSA) is 42.1 Å². The first-order valence-electron chi connectivity index (χ1n) is 6.56. The highest BCUT2D eigenvalue weighted by atomic mass is 16.5.